The summed E-state index contributed by atoms with van der Waals surface area (Å²) in [6, 6.07) is -0.879. The summed E-state index contributed by atoms with van der Waals surface area (Å²) in [7, 11) is 1.37. The number of rotatable bonds is 2. The molecule has 0 aliphatic carbocycles. The number of morpholine rings is 1. The van der Waals surface area contributed by atoms with Crippen molar-refractivity contribution in [1.82, 2.24) is 10.6 Å². The smallest absolute Gasteiger partial charge is 0.328 e. The molecule has 160 valence electrons. The van der Waals surface area contributed by atoms with Crippen LogP contribution in [0.4, 0.5) is 19.3 Å². The molecule has 1 aromatic rings. The fourth-order valence-corrected chi connectivity index (χ4v) is 4.68. The van der Waals surface area contributed by atoms with E-state index >= 15 is 4.39 Å². The van der Waals surface area contributed by atoms with Crippen molar-refractivity contribution in [2.45, 2.75) is 38.7 Å². The summed E-state index contributed by atoms with van der Waals surface area (Å²) < 4.78 is 40.7. The van der Waals surface area contributed by atoms with E-state index in [2.05, 4.69) is 10.6 Å². The number of ether oxygens (including phenoxy) is 2. The average Bonchev–Trinajstić information content (AvgIpc) is 2.67. The van der Waals surface area contributed by atoms with Gasteiger partial charge in [-0.3, -0.25) is 25.0 Å². The molecule has 3 aliphatic rings. The van der Waals surface area contributed by atoms with E-state index < -0.39 is 64.7 Å². The van der Waals surface area contributed by atoms with Crippen LogP contribution in [0.3, 0.4) is 0 Å². The normalized spacial score (nSPS) is 27.3. The molecule has 2 fully saturated rings. The maximum absolute atomic E-state index is 15.1. The summed E-state index contributed by atoms with van der Waals surface area (Å²) in [5, 5.41) is 4.17. The van der Waals surface area contributed by atoms with Gasteiger partial charge in [0.25, 0.3) is 0 Å². The van der Waals surface area contributed by atoms with Gasteiger partial charge in [0.05, 0.1) is 29.9 Å². The van der Waals surface area contributed by atoms with Crippen LogP contribution in [0.15, 0.2) is 6.07 Å². The number of fused-ring (bicyclic) bond motifs is 4. The summed E-state index contributed by atoms with van der Waals surface area (Å²) in [4.78, 5) is 50.8. The monoisotopic (exact) mass is 423 g/mol. The summed E-state index contributed by atoms with van der Waals surface area (Å²) in [5.41, 5.74) is -2.42. The van der Waals surface area contributed by atoms with Crippen molar-refractivity contribution < 1.29 is 37.4 Å². The Morgan fingerprint density at radius 3 is 2.43 bits per heavy atom. The number of Topliss-reactive ketones (excluding diaryl/α,β-unsaturated/α-hetero) is 1. The van der Waals surface area contributed by atoms with Gasteiger partial charge in [0.1, 0.15) is 0 Å². The Kier molecular flexibility index (Phi) is 4.62. The van der Waals surface area contributed by atoms with E-state index in [-0.39, 0.29) is 24.2 Å². The number of nitrogens with one attached hydrogen (secondary N) is 2. The van der Waals surface area contributed by atoms with E-state index in [1.54, 1.807) is 6.92 Å². The van der Waals surface area contributed by atoms with Crippen molar-refractivity contribution in [1.29, 1.82) is 0 Å². The zero-order chi connectivity index (χ0) is 22.0. The van der Waals surface area contributed by atoms with Gasteiger partial charge in [-0.25, -0.2) is 13.6 Å². The van der Waals surface area contributed by atoms with Crippen LogP contribution < -0.4 is 15.5 Å². The van der Waals surface area contributed by atoms with Gasteiger partial charge in [0, 0.05) is 13.5 Å². The van der Waals surface area contributed by atoms with Gasteiger partial charge in [0.2, 0.25) is 11.8 Å². The molecule has 3 heterocycles. The van der Waals surface area contributed by atoms with E-state index in [0.29, 0.717) is 0 Å². The molecule has 2 N–H and O–H groups in total. The van der Waals surface area contributed by atoms with Crippen LogP contribution >= 0.6 is 0 Å². The first-order chi connectivity index (χ1) is 14.1. The second-order valence-electron chi connectivity index (χ2n) is 7.61. The summed E-state index contributed by atoms with van der Waals surface area (Å²) >= 11 is 0. The number of carbonyl (C=O) groups is 4. The molecule has 0 saturated carbocycles. The van der Waals surface area contributed by atoms with Crippen molar-refractivity contribution in [3.63, 3.8) is 0 Å². The standard InChI is InChI=1S/C19H19F2N3O6/c1-7(25)10-4-9-5-19(16(26)22-18(28)23-17(19)27)15-8(2)30-11(29-3)6-24(15)14(9)13(21)12(10)20/h4,8,11,15H,5-6H2,1-3H3,(H2,22,23,26,27,28)/t8-,11-,15+/m0/s1. The van der Waals surface area contributed by atoms with Gasteiger partial charge in [-0.15, -0.1) is 0 Å². The topological polar surface area (TPSA) is 114 Å². The quantitative estimate of drug-likeness (QED) is 0.530. The van der Waals surface area contributed by atoms with Gasteiger partial charge in [0.15, 0.2) is 29.1 Å². The number of amides is 4. The van der Waals surface area contributed by atoms with Gasteiger partial charge in [-0.05, 0) is 25.5 Å². The molecule has 4 rings (SSSR count). The fraction of sp³-hybridized carbons (Fsp3) is 0.474. The van der Waals surface area contributed by atoms with Crippen LogP contribution in [0.1, 0.15) is 29.8 Å². The number of hydrogen-bond acceptors (Lipinski definition) is 7. The Morgan fingerprint density at radius 2 is 1.87 bits per heavy atom. The highest BCUT2D eigenvalue weighted by Crippen LogP contribution is 2.48. The number of ketones is 1. The molecule has 1 aromatic carbocycles. The highest BCUT2D eigenvalue weighted by Gasteiger charge is 2.63. The lowest BCUT2D eigenvalue weighted by Gasteiger charge is -2.55. The Hall–Kier alpha value is -2.92. The summed E-state index contributed by atoms with van der Waals surface area (Å²) in [6.07, 6.45) is -2.01. The van der Waals surface area contributed by atoms with Crippen LogP contribution in [0.25, 0.3) is 0 Å². The SMILES string of the molecule is CO[C@@H]1CN2c3c(cc(C(C)=O)c(F)c3F)CC3(C(=O)NC(=O)NC3=O)[C@H]2[C@H](C)O1. The van der Waals surface area contributed by atoms with Crippen LogP contribution in [0, 0.1) is 17.0 Å². The number of hydrogen-bond donors (Lipinski definition) is 2. The molecule has 3 atom stereocenters. The molecule has 9 nitrogen and oxygen atoms in total. The number of benzene rings is 1. The molecule has 3 aliphatic heterocycles. The van der Waals surface area contributed by atoms with E-state index in [9.17, 15) is 23.6 Å². The minimum absolute atomic E-state index is 0.0963. The third-order valence-corrected chi connectivity index (χ3v) is 5.92. The van der Waals surface area contributed by atoms with E-state index in [1.165, 1.54) is 12.0 Å². The maximum Gasteiger partial charge on any atom is 0.328 e. The first kappa shape index (κ1) is 20.4. The Balaban J connectivity index is 1.98. The maximum atomic E-state index is 15.1. The highest BCUT2D eigenvalue weighted by atomic mass is 19.2. The zero-order valence-electron chi connectivity index (χ0n) is 16.4. The number of imide groups is 2. The highest BCUT2D eigenvalue weighted by molar-refractivity contribution is 6.20. The number of urea groups is 1. The number of halogens is 2. The van der Waals surface area contributed by atoms with Crippen molar-refractivity contribution in [2.75, 3.05) is 18.6 Å². The van der Waals surface area contributed by atoms with Crippen LogP contribution in [-0.2, 0) is 25.5 Å². The number of methoxy groups -OCH3 is 1. The lowest BCUT2D eigenvalue weighted by Crippen LogP contribution is -2.75. The predicted octanol–water partition coefficient (Wildman–Crippen LogP) is 0.642. The second-order valence-corrected chi connectivity index (χ2v) is 7.61. The molecule has 2 saturated heterocycles. The van der Waals surface area contributed by atoms with Gasteiger partial charge >= 0.3 is 6.03 Å². The number of nitrogens with zero attached hydrogens (tertiary/aromatic N) is 1. The largest absolute Gasteiger partial charge is 0.357 e. The average molecular weight is 423 g/mol. The summed E-state index contributed by atoms with van der Waals surface area (Å²) in [6.45, 7) is 2.55. The molecule has 30 heavy (non-hydrogen) atoms. The third kappa shape index (κ3) is 2.65. The number of anilines is 1. The Labute approximate surface area is 169 Å². The zero-order valence-corrected chi connectivity index (χ0v) is 16.4. The van der Waals surface area contributed by atoms with Crippen molar-refractivity contribution in [2.24, 2.45) is 5.41 Å². The van der Waals surface area contributed by atoms with Gasteiger partial charge < -0.3 is 14.4 Å². The van der Waals surface area contributed by atoms with Crippen molar-refractivity contribution in [3.05, 3.63) is 28.8 Å². The molecule has 0 bridgehead atoms. The minimum Gasteiger partial charge on any atom is -0.357 e. The second kappa shape index (κ2) is 6.81. The number of barbiturate groups is 1. The molecular weight excluding hydrogens is 404 g/mol. The first-order valence-corrected chi connectivity index (χ1v) is 9.25. The Bertz CT molecular complexity index is 977. The van der Waals surface area contributed by atoms with E-state index in [0.717, 1.165) is 13.0 Å². The van der Waals surface area contributed by atoms with Crippen molar-refractivity contribution in [3.8, 4) is 0 Å². The number of carbonyl (C=O) groups excluding carboxylic acids is 4. The lowest BCUT2D eigenvalue weighted by atomic mass is 9.66. The molecule has 1 spiro atoms. The summed E-state index contributed by atoms with van der Waals surface area (Å²) in [5.74, 6) is -5.02. The molecule has 0 aromatic heterocycles. The van der Waals surface area contributed by atoms with Crippen LogP contribution in [0.2, 0.25) is 0 Å². The fourth-order valence-electron chi connectivity index (χ4n) is 4.68. The molecule has 4 amide bonds. The molecule has 0 radical (unpaired) electrons. The van der Waals surface area contributed by atoms with Crippen LogP contribution in [-0.4, -0.2) is 55.7 Å². The van der Waals surface area contributed by atoms with Gasteiger partial charge in [-0.2, -0.15) is 0 Å². The van der Waals surface area contributed by atoms with E-state index in [1.807, 2.05) is 0 Å². The lowest BCUT2D eigenvalue weighted by molar-refractivity contribution is -0.187. The molecule has 0 unspecified atom stereocenters. The third-order valence-electron chi connectivity index (χ3n) is 5.92. The predicted molar refractivity (Wildman–Crippen MR) is 96.7 cm³/mol. The molecule has 11 heteroatoms. The van der Waals surface area contributed by atoms with Crippen LogP contribution in [0.5, 0.6) is 0 Å². The Morgan fingerprint density at radius 1 is 1.23 bits per heavy atom. The van der Waals surface area contributed by atoms with E-state index in [4.69, 9.17) is 9.47 Å². The van der Waals surface area contributed by atoms with Crippen molar-refractivity contribution >= 4 is 29.3 Å². The molecular formula is C19H19F2N3O6. The van der Waals surface area contributed by atoms with Gasteiger partial charge in [-0.1, -0.05) is 0 Å². The first-order valence-electron chi connectivity index (χ1n) is 9.25. The minimum atomic E-state index is -1.86.